The maximum absolute atomic E-state index is 5.61. The zero-order chi connectivity index (χ0) is 7.33. The summed E-state index contributed by atoms with van der Waals surface area (Å²) in [5.74, 6) is 0. The molecule has 0 spiro atoms. The van der Waals surface area contributed by atoms with Crippen molar-refractivity contribution in [1.29, 1.82) is 0 Å². The van der Waals surface area contributed by atoms with Crippen LogP contribution in [0.25, 0.3) is 0 Å². The highest BCUT2D eigenvalue weighted by Gasteiger charge is 2.07. The number of hydrogen-bond acceptors (Lipinski definition) is 1. The van der Waals surface area contributed by atoms with Crippen LogP contribution >= 0.6 is 0 Å². The van der Waals surface area contributed by atoms with Crippen LogP contribution in [0.2, 0.25) is 6.04 Å². The minimum absolute atomic E-state index is 0.112. The van der Waals surface area contributed by atoms with Gasteiger partial charge in [0.25, 0.3) is 0 Å². The molecule has 9 heavy (non-hydrogen) atoms. The van der Waals surface area contributed by atoms with Crippen LogP contribution in [0.4, 0.5) is 0 Å². The summed E-state index contributed by atoms with van der Waals surface area (Å²) in [6.07, 6.45) is 1.28. The van der Waals surface area contributed by atoms with E-state index < -0.39 is 0 Å². The SMILES string of the molecule is CCC[SiH2]OC(C)(C)C. The molecule has 0 aliphatic rings. The van der Waals surface area contributed by atoms with Crippen LogP contribution in [0.3, 0.4) is 0 Å². The van der Waals surface area contributed by atoms with Gasteiger partial charge in [0.2, 0.25) is 0 Å². The first kappa shape index (κ1) is 9.18. The first-order valence-corrected chi connectivity index (χ1v) is 5.28. The summed E-state index contributed by atoms with van der Waals surface area (Å²) < 4.78 is 5.61. The molecular weight excluding hydrogens is 128 g/mol. The monoisotopic (exact) mass is 146 g/mol. The normalized spacial score (nSPS) is 13.3. The molecule has 0 unspecified atom stereocenters. The summed E-state index contributed by atoms with van der Waals surface area (Å²) >= 11 is 0. The Morgan fingerprint density at radius 3 is 2.22 bits per heavy atom. The van der Waals surface area contributed by atoms with E-state index in [9.17, 15) is 0 Å². The molecule has 0 N–H and O–H groups in total. The average molecular weight is 146 g/mol. The summed E-state index contributed by atoms with van der Waals surface area (Å²) in [6.45, 7) is 8.57. The Bertz CT molecular complexity index is 65.8. The van der Waals surface area contributed by atoms with Gasteiger partial charge in [-0.15, -0.1) is 0 Å². The predicted octanol–water partition coefficient (Wildman–Crippen LogP) is 1.71. The third kappa shape index (κ3) is 8.18. The van der Waals surface area contributed by atoms with Gasteiger partial charge in [-0.3, -0.25) is 0 Å². The molecule has 0 aromatic carbocycles. The molecule has 0 amide bonds. The van der Waals surface area contributed by atoms with Crippen LogP contribution < -0.4 is 0 Å². The Labute approximate surface area is 60.7 Å². The van der Waals surface area contributed by atoms with Crippen LogP contribution in [-0.2, 0) is 4.43 Å². The highest BCUT2D eigenvalue weighted by molar-refractivity contribution is 6.27. The van der Waals surface area contributed by atoms with E-state index in [0.717, 1.165) is 0 Å². The molecule has 0 aromatic rings. The van der Waals surface area contributed by atoms with E-state index in [2.05, 4.69) is 27.7 Å². The van der Waals surface area contributed by atoms with Crippen molar-refractivity contribution in [2.75, 3.05) is 0 Å². The molecule has 0 aliphatic heterocycles. The van der Waals surface area contributed by atoms with Gasteiger partial charge in [0.1, 0.15) is 0 Å². The first-order valence-electron chi connectivity index (χ1n) is 3.70. The van der Waals surface area contributed by atoms with E-state index in [0.29, 0.717) is 0 Å². The Morgan fingerprint density at radius 2 is 1.89 bits per heavy atom. The van der Waals surface area contributed by atoms with E-state index in [-0.39, 0.29) is 15.4 Å². The minimum atomic E-state index is -0.193. The van der Waals surface area contributed by atoms with Crippen molar-refractivity contribution in [2.24, 2.45) is 0 Å². The second-order valence-corrected chi connectivity index (χ2v) is 4.72. The standard InChI is InChI=1S/C7H18OSi/c1-5-6-9-8-7(2,3)4/h5-6,9H2,1-4H3. The smallest absolute Gasteiger partial charge is 0.162 e. The molecule has 2 heteroatoms. The van der Waals surface area contributed by atoms with Crippen molar-refractivity contribution in [1.82, 2.24) is 0 Å². The summed E-state index contributed by atoms with van der Waals surface area (Å²) in [5.41, 5.74) is 0.112. The van der Waals surface area contributed by atoms with Crippen LogP contribution in [0.15, 0.2) is 0 Å². The molecule has 0 aliphatic carbocycles. The average Bonchev–Trinajstić information content (AvgIpc) is 1.63. The lowest BCUT2D eigenvalue weighted by Gasteiger charge is -2.19. The Kier molecular flexibility index (Phi) is 4.15. The van der Waals surface area contributed by atoms with Crippen molar-refractivity contribution >= 4 is 9.76 Å². The fourth-order valence-electron chi connectivity index (χ4n) is 0.523. The van der Waals surface area contributed by atoms with Gasteiger partial charge < -0.3 is 4.43 Å². The second kappa shape index (κ2) is 4.07. The molecule has 0 aromatic heterocycles. The van der Waals surface area contributed by atoms with Crippen LogP contribution in [0, 0.1) is 0 Å². The molecule has 0 bridgehead atoms. The molecule has 56 valence electrons. The van der Waals surface area contributed by atoms with Gasteiger partial charge in [-0.2, -0.15) is 0 Å². The van der Waals surface area contributed by atoms with E-state index in [1.165, 1.54) is 12.5 Å². The minimum Gasteiger partial charge on any atom is -0.419 e. The van der Waals surface area contributed by atoms with Gasteiger partial charge >= 0.3 is 0 Å². The van der Waals surface area contributed by atoms with Gasteiger partial charge in [-0.1, -0.05) is 13.3 Å². The van der Waals surface area contributed by atoms with Crippen molar-refractivity contribution < 1.29 is 4.43 Å². The third-order valence-electron chi connectivity index (χ3n) is 1.03. The lowest BCUT2D eigenvalue weighted by molar-refractivity contribution is 0.138. The van der Waals surface area contributed by atoms with E-state index >= 15 is 0 Å². The zero-order valence-corrected chi connectivity index (χ0v) is 8.44. The lowest BCUT2D eigenvalue weighted by atomic mass is 10.2. The van der Waals surface area contributed by atoms with Gasteiger partial charge in [-0.05, 0) is 26.8 Å². The van der Waals surface area contributed by atoms with Gasteiger partial charge in [0.15, 0.2) is 9.76 Å². The Balaban J connectivity index is 3.07. The molecule has 0 rings (SSSR count). The van der Waals surface area contributed by atoms with Gasteiger partial charge in [-0.25, -0.2) is 0 Å². The summed E-state index contributed by atoms with van der Waals surface area (Å²) in [5, 5.41) is 0. The van der Waals surface area contributed by atoms with Crippen LogP contribution in [0.1, 0.15) is 34.1 Å². The van der Waals surface area contributed by atoms with Crippen molar-refractivity contribution in [3.63, 3.8) is 0 Å². The third-order valence-corrected chi connectivity index (χ3v) is 3.10. The quantitative estimate of drug-likeness (QED) is 0.435. The van der Waals surface area contributed by atoms with Crippen molar-refractivity contribution in [3.8, 4) is 0 Å². The maximum Gasteiger partial charge on any atom is 0.162 e. The molecule has 0 atom stereocenters. The van der Waals surface area contributed by atoms with Crippen LogP contribution in [0.5, 0.6) is 0 Å². The molecule has 0 saturated carbocycles. The molecule has 0 radical (unpaired) electrons. The van der Waals surface area contributed by atoms with Crippen molar-refractivity contribution in [2.45, 2.75) is 45.8 Å². The molecular formula is C7H18OSi. The first-order chi connectivity index (χ1) is 4.06. The Morgan fingerprint density at radius 1 is 1.33 bits per heavy atom. The van der Waals surface area contributed by atoms with Crippen molar-refractivity contribution in [3.05, 3.63) is 0 Å². The van der Waals surface area contributed by atoms with E-state index in [4.69, 9.17) is 4.43 Å². The fourth-order valence-corrected chi connectivity index (χ4v) is 1.57. The van der Waals surface area contributed by atoms with E-state index in [1.807, 2.05) is 0 Å². The molecule has 0 saturated heterocycles. The summed E-state index contributed by atoms with van der Waals surface area (Å²) in [7, 11) is -0.193. The summed E-state index contributed by atoms with van der Waals surface area (Å²) in [6, 6.07) is 1.32. The largest absolute Gasteiger partial charge is 0.419 e. The second-order valence-electron chi connectivity index (χ2n) is 3.31. The molecule has 1 nitrogen and oxygen atoms in total. The lowest BCUT2D eigenvalue weighted by Crippen LogP contribution is -2.21. The zero-order valence-electron chi connectivity index (χ0n) is 7.03. The Hall–Kier alpha value is 0.177. The highest BCUT2D eigenvalue weighted by Crippen LogP contribution is 2.05. The number of rotatable bonds is 3. The van der Waals surface area contributed by atoms with Gasteiger partial charge in [0, 0.05) is 5.60 Å². The fraction of sp³-hybridized carbons (Fsp3) is 1.00. The maximum atomic E-state index is 5.61. The summed E-state index contributed by atoms with van der Waals surface area (Å²) in [4.78, 5) is 0. The van der Waals surface area contributed by atoms with E-state index in [1.54, 1.807) is 0 Å². The topological polar surface area (TPSA) is 9.23 Å². The molecule has 0 heterocycles. The highest BCUT2D eigenvalue weighted by atomic mass is 28.2. The van der Waals surface area contributed by atoms with Crippen LogP contribution in [-0.4, -0.2) is 15.4 Å². The van der Waals surface area contributed by atoms with Gasteiger partial charge in [0.05, 0.1) is 0 Å². The number of hydrogen-bond donors (Lipinski definition) is 0. The predicted molar refractivity (Wildman–Crippen MR) is 44.5 cm³/mol. The molecule has 0 fully saturated rings.